The Bertz CT molecular complexity index is 884. The number of para-hydroxylation sites is 1. The molecule has 1 aliphatic heterocycles. The van der Waals surface area contributed by atoms with Gasteiger partial charge in [-0.1, -0.05) is 38.5 Å². The lowest BCUT2D eigenvalue weighted by molar-refractivity contribution is -0.137. The maximum atomic E-state index is 13.2. The number of amides is 1. The lowest BCUT2D eigenvalue weighted by Gasteiger charge is -2.32. The van der Waals surface area contributed by atoms with Crippen molar-refractivity contribution in [1.29, 1.82) is 0 Å². The van der Waals surface area contributed by atoms with Crippen LogP contribution in [0.4, 0.5) is 0 Å². The molecular formula is C18H22N6O. The summed E-state index contributed by atoms with van der Waals surface area (Å²) < 4.78 is 1.59. The number of H-pyrrole nitrogens is 1. The predicted molar refractivity (Wildman–Crippen MR) is 93.7 cm³/mol. The number of aromatic amines is 1. The topological polar surface area (TPSA) is 79.7 Å². The Labute approximate surface area is 146 Å². The Morgan fingerprint density at radius 3 is 2.96 bits per heavy atom. The molecular weight excluding hydrogens is 316 g/mol. The van der Waals surface area contributed by atoms with Crippen LogP contribution in [0.25, 0.3) is 10.9 Å². The molecule has 1 N–H and O–H groups in total. The number of rotatable bonds is 4. The number of benzene rings is 1. The number of tetrazole rings is 1. The molecule has 3 heterocycles. The summed E-state index contributed by atoms with van der Waals surface area (Å²) in [6.07, 6.45) is 3.29. The number of fused-ring (bicyclic) bond motifs is 3. The molecule has 0 bridgehead atoms. The van der Waals surface area contributed by atoms with E-state index < -0.39 is 0 Å². The average molecular weight is 338 g/mol. The third-order valence-corrected chi connectivity index (χ3v) is 5.28. The third kappa shape index (κ3) is 2.69. The van der Waals surface area contributed by atoms with Gasteiger partial charge in [-0.15, -0.1) is 5.10 Å². The van der Waals surface area contributed by atoms with E-state index in [4.69, 9.17) is 0 Å². The van der Waals surface area contributed by atoms with Crippen molar-refractivity contribution in [3.63, 3.8) is 0 Å². The molecule has 0 aliphatic carbocycles. The van der Waals surface area contributed by atoms with Gasteiger partial charge in [0.2, 0.25) is 5.91 Å². The van der Waals surface area contributed by atoms with Crippen LogP contribution in [0.3, 0.4) is 0 Å². The zero-order valence-corrected chi connectivity index (χ0v) is 14.5. The van der Waals surface area contributed by atoms with Gasteiger partial charge in [0.1, 0.15) is 12.4 Å². The molecule has 0 unspecified atom stereocenters. The first-order valence-electron chi connectivity index (χ1n) is 8.78. The first-order chi connectivity index (χ1) is 12.2. The minimum atomic E-state index is -0.356. The van der Waals surface area contributed by atoms with Crippen molar-refractivity contribution in [1.82, 2.24) is 30.1 Å². The Kier molecular flexibility index (Phi) is 3.99. The number of aromatic nitrogens is 5. The molecule has 130 valence electrons. The van der Waals surface area contributed by atoms with Crippen molar-refractivity contribution in [2.75, 3.05) is 6.54 Å². The summed E-state index contributed by atoms with van der Waals surface area (Å²) >= 11 is 0. The molecule has 0 spiro atoms. The van der Waals surface area contributed by atoms with Crippen LogP contribution in [-0.2, 0) is 17.8 Å². The molecule has 0 radical (unpaired) electrons. The zero-order valence-electron chi connectivity index (χ0n) is 14.5. The Balaban J connectivity index is 1.62. The largest absolute Gasteiger partial charge is 0.357 e. The number of hydrogen-bond acceptors (Lipinski definition) is 4. The number of nitrogens with zero attached hydrogens (tertiary/aromatic N) is 5. The second-order valence-corrected chi connectivity index (χ2v) is 6.76. The Hall–Kier alpha value is -2.70. The molecule has 7 nitrogen and oxygen atoms in total. The highest BCUT2D eigenvalue weighted by atomic mass is 16.2. The molecule has 4 rings (SSSR count). The molecule has 1 aliphatic rings. The normalized spacial score (nSPS) is 16.6. The van der Waals surface area contributed by atoms with Crippen molar-refractivity contribution in [2.24, 2.45) is 5.92 Å². The summed E-state index contributed by atoms with van der Waals surface area (Å²) in [5, 5.41) is 12.7. The first kappa shape index (κ1) is 15.8. The molecule has 25 heavy (non-hydrogen) atoms. The second-order valence-electron chi connectivity index (χ2n) is 6.76. The van der Waals surface area contributed by atoms with Gasteiger partial charge in [-0.3, -0.25) is 4.79 Å². The summed E-state index contributed by atoms with van der Waals surface area (Å²) in [5.74, 6) is 0.256. The van der Waals surface area contributed by atoms with Crippen molar-refractivity contribution in [2.45, 2.75) is 39.3 Å². The molecule has 0 saturated heterocycles. The van der Waals surface area contributed by atoms with E-state index in [1.165, 1.54) is 17.3 Å². The van der Waals surface area contributed by atoms with E-state index in [0.717, 1.165) is 30.6 Å². The van der Waals surface area contributed by atoms with E-state index >= 15 is 0 Å². The highest BCUT2D eigenvalue weighted by Gasteiger charge is 2.33. The number of hydrogen-bond donors (Lipinski definition) is 1. The molecule has 3 aromatic rings. The Morgan fingerprint density at radius 1 is 1.36 bits per heavy atom. The van der Waals surface area contributed by atoms with Crippen LogP contribution in [0.1, 0.15) is 37.6 Å². The minimum absolute atomic E-state index is 0.0888. The van der Waals surface area contributed by atoms with Gasteiger partial charge in [0, 0.05) is 23.1 Å². The summed E-state index contributed by atoms with van der Waals surface area (Å²) in [5.41, 5.74) is 3.61. The zero-order chi connectivity index (χ0) is 17.4. The van der Waals surface area contributed by atoms with E-state index in [1.807, 2.05) is 11.0 Å². The van der Waals surface area contributed by atoms with Crippen LogP contribution >= 0.6 is 0 Å². The van der Waals surface area contributed by atoms with Gasteiger partial charge >= 0.3 is 0 Å². The molecule has 0 fully saturated rings. The molecule has 2 aromatic heterocycles. The number of carbonyl (C=O) groups is 1. The molecule has 2 atom stereocenters. The van der Waals surface area contributed by atoms with Gasteiger partial charge in [-0.2, -0.15) is 0 Å². The van der Waals surface area contributed by atoms with Crippen molar-refractivity contribution in [3.8, 4) is 0 Å². The number of nitrogens with one attached hydrogen (secondary N) is 1. The standard InChI is InChI=1S/C18H22N6O/c1-3-12(2)17(24-11-19-21-22-24)18(25)23-9-8-14-13-6-4-5-7-15(13)20-16(14)10-23/h4-7,11-12,17,20H,3,8-10H2,1-2H3/t12-,17-/m0/s1. The van der Waals surface area contributed by atoms with E-state index in [-0.39, 0.29) is 17.9 Å². The summed E-state index contributed by atoms with van der Waals surface area (Å²) in [4.78, 5) is 18.6. The quantitative estimate of drug-likeness (QED) is 0.792. The van der Waals surface area contributed by atoms with Gasteiger partial charge < -0.3 is 9.88 Å². The smallest absolute Gasteiger partial charge is 0.248 e. The molecule has 0 saturated carbocycles. The lowest BCUT2D eigenvalue weighted by atomic mass is 9.96. The summed E-state index contributed by atoms with van der Waals surface area (Å²) in [6.45, 7) is 5.49. The molecule has 1 amide bonds. The van der Waals surface area contributed by atoms with E-state index in [0.29, 0.717) is 6.54 Å². The SMILES string of the molecule is CC[C@H](C)[C@@H](C(=O)N1CCc2c([nH]c3ccccc23)C1)n1cnnn1. The maximum Gasteiger partial charge on any atom is 0.248 e. The summed E-state index contributed by atoms with van der Waals surface area (Å²) in [6, 6.07) is 7.97. The highest BCUT2D eigenvalue weighted by molar-refractivity contribution is 5.86. The maximum absolute atomic E-state index is 13.2. The minimum Gasteiger partial charge on any atom is -0.357 e. The fourth-order valence-electron chi connectivity index (χ4n) is 3.70. The van der Waals surface area contributed by atoms with Crippen LogP contribution in [0.5, 0.6) is 0 Å². The van der Waals surface area contributed by atoms with Gasteiger partial charge in [0.05, 0.1) is 6.54 Å². The van der Waals surface area contributed by atoms with Crippen molar-refractivity contribution < 1.29 is 4.79 Å². The Morgan fingerprint density at radius 2 is 2.20 bits per heavy atom. The van der Waals surface area contributed by atoms with Gasteiger partial charge in [0.25, 0.3) is 0 Å². The van der Waals surface area contributed by atoms with Crippen LogP contribution in [0.15, 0.2) is 30.6 Å². The van der Waals surface area contributed by atoms with Crippen LogP contribution in [0, 0.1) is 5.92 Å². The van der Waals surface area contributed by atoms with E-state index in [9.17, 15) is 4.79 Å². The van der Waals surface area contributed by atoms with Crippen LogP contribution in [-0.4, -0.2) is 42.5 Å². The monoisotopic (exact) mass is 338 g/mol. The van der Waals surface area contributed by atoms with Crippen LogP contribution in [0.2, 0.25) is 0 Å². The van der Waals surface area contributed by atoms with E-state index in [1.54, 1.807) is 4.68 Å². The lowest BCUT2D eigenvalue weighted by Crippen LogP contribution is -2.42. The molecule has 1 aromatic carbocycles. The van der Waals surface area contributed by atoms with Gasteiger partial charge in [-0.05, 0) is 34.4 Å². The fraction of sp³-hybridized carbons (Fsp3) is 0.444. The highest BCUT2D eigenvalue weighted by Crippen LogP contribution is 2.30. The molecule has 7 heteroatoms. The van der Waals surface area contributed by atoms with E-state index in [2.05, 4.69) is 52.6 Å². The van der Waals surface area contributed by atoms with Crippen molar-refractivity contribution in [3.05, 3.63) is 41.9 Å². The first-order valence-corrected chi connectivity index (χ1v) is 8.78. The third-order valence-electron chi connectivity index (χ3n) is 5.28. The average Bonchev–Trinajstić information content (AvgIpc) is 3.28. The van der Waals surface area contributed by atoms with Crippen molar-refractivity contribution >= 4 is 16.8 Å². The summed E-state index contributed by atoms with van der Waals surface area (Å²) in [7, 11) is 0. The van der Waals surface area contributed by atoms with Gasteiger partial charge in [0.15, 0.2) is 0 Å². The second kappa shape index (κ2) is 6.31. The number of carbonyl (C=O) groups excluding carboxylic acids is 1. The van der Waals surface area contributed by atoms with Gasteiger partial charge in [-0.25, -0.2) is 4.68 Å². The predicted octanol–water partition coefficient (Wildman–Crippen LogP) is 2.33. The fourth-order valence-corrected chi connectivity index (χ4v) is 3.70. The van der Waals surface area contributed by atoms with Crippen LogP contribution < -0.4 is 0 Å².